The summed E-state index contributed by atoms with van der Waals surface area (Å²) in [5.74, 6) is 0.594. The van der Waals surface area contributed by atoms with Crippen molar-refractivity contribution in [2.24, 2.45) is 5.41 Å². The molecule has 3 aromatic rings. The van der Waals surface area contributed by atoms with Crippen LogP contribution in [-0.2, 0) is 4.74 Å². The third kappa shape index (κ3) is 5.25. The number of aryl methyl sites for hydroxylation is 1. The highest BCUT2D eigenvalue weighted by Crippen LogP contribution is 2.39. The van der Waals surface area contributed by atoms with Gasteiger partial charge in [-0.1, -0.05) is 38.5 Å². The van der Waals surface area contributed by atoms with Crippen molar-refractivity contribution in [1.82, 2.24) is 10.2 Å². The molecule has 0 amide bonds. The normalized spacial score (nSPS) is 12.3. The molecule has 0 saturated carbocycles. The monoisotopic (exact) mass is 425 g/mol. The molecule has 1 atom stereocenters. The van der Waals surface area contributed by atoms with Crippen LogP contribution in [0.2, 0.25) is 0 Å². The number of benzene rings is 2. The third-order valence-corrected chi connectivity index (χ3v) is 5.05. The van der Waals surface area contributed by atoms with Crippen molar-refractivity contribution < 1.29 is 23.6 Å². The molecule has 162 valence electrons. The Morgan fingerprint density at radius 1 is 1.13 bits per heavy atom. The Hall–Kier alpha value is -3.75. The molecule has 0 radical (unpaired) electrons. The van der Waals surface area contributed by atoms with Gasteiger partial charge in [0.25, 0.3) is 11.6 Å². The minimum Gasteiger partial charge on any atom is -0.420 e. The molecule has 9 heteroatoms. The van der Waals surface area contributed by atoms with Gasteiger partial charge in [0.05, 0.1) is 4.92 Å². The first-order valence-electron chi connectivity index (χ1n) is 9.73. The van der Waals surface area contributed by atoms with Crippen molar-refractivity contribution in [3.8, 4) is 17.2 Å². The number of hydrogen-bond acceptors (Lipinski definition) is 8. The van der Waals surface area contributed by atoms with Gasteiger partial charge in [0.2, 0.25) is 5.89 Å². The Kier molecular flexibility index (Phi) is 6.33. The Labute approximate surface area is 179 Å². The maximum absolute atomic E-state index is 12.4. The smallest absolute Gasteiger partial charge is 0.420 e. The lowest BCUT2D eigenvalue weighted by molar-refractivity contribution is -0.384. The quantitative estimate of drug-likeness (QED) is 0.206. The minimum atomic E-state index is -0.976. The van der Waals surface area contributed by atoms with E-state index in [0.29, 0.717) is 12.3 Å². The predicted octanol–water partition coefficient (Wildman–Crippen LogP) is 5.65. The number of ether oxygens (including phenoxy) is 2. The van der Waals surface area contributed by atoms with Gasteiger partial charge in [-0.3, -0.25) is 10.1 Å². The van der Waals surface area contributed by atoms with Crippen LogP contribution in [0.4, 0.5) is 10.5 Å². The van der Waals surface area contributed by atoms with Crippen LogP contribution in [0.5, 0.6) is 5.75 Å². The van der Waals surface area contributed by atoms with Crippen LogP contribution in [0.15, 0.2) is 52.9 Å². The van der Waals surface area contributed by atoms with E-state index in [-0.39, 0.29) is 17.3 Å². The van der Waals surface area contributed by atoms with Gasteiger partial charge in [0.15, 0.2) is 6.10 Å². The zero-order chi connectivity index (χ0) is 22.6. The molecular formula is C22H23N3O6. The second-order valence-electron chi connectivity index (χ2n) is 7.75. The van der Waals surface area contributed by atoms with Crippen molar-refractivity contribution in [3.05, 3.63) is 70.1 Å². The fourth-order valence-corrected chi connectivity index (χ4v) is 2.74. The molecule has 0 aliphatic carbocycles. The highest BCUT2D eigenvalue weighted by Gasteiger charge is 2.38. The first kappa shape index (κ1) is 21.9. The van der Waals surface area contributed by atoms with Crippen LogP contribution in [-0.4, -0.2) is 21.3 Å². The average molecular weight is 425 g/mol. The summed E-state index contributed by atoms with van der Waals surface area (Å²) < 4.78 is 16.5. The average Bonchev–Trinajstić information content (AvgIpc) is 3.22. The summed E-state index contributed by atoms with van der Waals surface area (Å²) in [5, 5.41) is 18.9. The van der Waals surface area contributed by atoms with E-state index < -0.39 is 22.6 Å². The molecule has 0 saturated heterocycles. The molecule has 0 aliphatic heterocycles. The van der Waals surface area contributed by atoms with Crippen LogP contribution in [0.3, 0.4) is 0 Å². The molecular weight excluding hydrogens is 402 g/mol. The summed E-state index contributed by atoms with van der Waals surface area (Å²) in [6, 6.07) is 12.7. The number of carbonyl (C=O) groups excluding carboxylic acids is 1. The fraction of sp³-hybridized carbons (Fsp3) is 0.318. The second kappa shape index (κ2) is 8.95. The van der Waals surface area contributed by atoms with Crippen LogP contribution in [0.25, 0.3) is 11.5 Å². The topological polar surface area (TPSA) is 118 Å². The molecule has 0 spiro atoms. The van der Waals surface area contributed by atoms with Gasteiger partial charge in [0, 0.05) is 23.1 Å². The van der Waals surface area contributed by atoms with Gasteiger partial charge in [-0.25, -0.2) is 4.79 Å². The zero-order valence-electron chi connectivity index (χ0n) is 17.7. The maximum Gasteiger partial charge on any atom is 0.514 e. The lowest BCUT2D eigenvalue weighted by Crippen LogP contribution is -2.28. The Morgan fingerprint density at radius 3 is 2.35 bits per heavy atom. The van der Waals surface area contributed by atoms with Gasteiger partial charge in [-0.05, 0) is 37.6 Å². The van der Waals surface area contributed by atoms with Crippen molar-refractivity contribution in [2.45, 2.75) is 40.2 Å². The third-order valence-electron chi connectivity index (χ3n) is 5.05. The Balaban J connectivity index is 1.79. The van der Waals surface area contributed by atoms with Crippen LogP contribution in [0.1, 0.15) is 44.8 Å². The van der Waals surface area contributed by atoms with Crippen LogP contribution < -0.4 is 4.74 Å². The van der Waals surface area contributed by atoms with E-state index in [9.17, 15) is 14.9 Å². The van der Waals surface area contributed by atoms with Crippen molar-refractivity contribution in [3.63, 3.8) is 0 Å². The molecule has 2 aromatic carbocycles. The van der Waals surface area contributed by atoms with E-state index >= 15 is 0 Å². The molecule has 3 rings (SSSR count). The maximum atomic E-state index is 12.4. The number of hydrogen-bond donors (Lipinski definition) is 0. The summed E-state index contributed by atoms with van der Waals surface area (Å²) in [6.45, 7) is 7.75. The number of aromatic nitrogens is 2. The number of carbonyl (C=O) groups is 1. The first-order valence-corrected chi connectivity index (χ1v) is 9.73. The first-order chi connectivity index (χ1) is 14.7. The van der Waals surface area contributed by atoms with E-state index in [4.69, 9.17) is 13.9 Å². The Morgan fingerprint density at radius 2 is 1.77 bits per heavy atom. The summed E-state index contributed by atoms with van der Waals surface area (Å²) >= 11 is 0. The lowest BCUT2D eigenvalue weighted by atomic mass is 9.83. The molecule has 1 heterocycles. The second-order valence-corrected chi connectivity index (χ2v) is 7.75. The molecule has 9 nitrogen and oxygen atoms in total. The van der Waals surface area contributed by atoms with E-state index in [1.807, 2.05) is 52.0 Å². The molecule has 0 bridgehead atoms. The highest BCUT2D eigenvalue weighted by atomic mass is 16.7. The number of non-ortho nitro benzene ring substituents is 1. The van der Waals surface area contributed by atoms with Crippen molar-refractivity contribution in [2.75, 3.05) is 0 Å². The molecule has 0 unspecified atom stereocenters. The van der Waals surface area contributed by atoms with Crippen LogP contribution >= 0.6 is 0 Å². The van der Waals surface area contributed by atoms with Gasteiger partial charge in [0.1, 0.15) is 5.75 Å². The highest BCUT2D eigenvalue weighted by molar-refractivity contribution is 5.64. The van der Waals surface area contributed by atoms with E-state index in [0.717, 1.165) is 11.1 Å². The number of nitro benzene ring substituents is 1. The van der Waals surface area contributed by atoms with Gasteiger partial charge >= 0.3 is 6.16 Å². The zero-order valence-corrected chi connectivity index (χ0v) is 17.7. The lowest BCUT2D eigenvalue weighted by Gasteiger charge is -2.29. The summed E-state index contributed by atoms with van der Waals surface area (Å²) in [5.41, 5.74) is 1.22. The van der Waals surface area contributed by atoms with Gasteiger partial charge in [-0.15, -0.1) is 10.2 Å². The fourth-order valence-electron chi connectivity index (χ4n) is 2.74. The Bertz CT molecular complexity index is 1060. The van der Waals surface area contributed by atoms with E-state index in [1.165, 1.54) is 24.3 Å². The standard InChI is InChI=1S/C22H23N3O6/c1-5-22(3,4)18(20-24-23-19(31-20)15-8-6-14(2)7-9-15)30-21(26)29-17-12-10-16(11-13-17)25(27)28/h6-13,18H,5H2,1-4H3/t18-/m1/s1. The predicted molar refractivity (Wildman–Crippen MR) is 111 cm³/mol. The molecule has 0 aliphatic rings. The van der Waals surface area contributed by atoms with Crippen molar-refractivity contribution in [1.29, 1.82) is 0 Å². The van der Waals surface area contributed by atoms with Gasteiger partial charge < -0.3 is 13.9 Å². The molecule has 0 fully saturated rings. The summed E-state index contributed by atoms with van der Waals surface area (Å²) in [7, 11) is 0. The van der Waals surface area contributed by atoms with E-state index in [1.54, 1.807) is 0 Å². The van der Waals surface area contributed by atoms with E-state index in [2.05, 4.69) is 10.2 Å². The number of nitrogens with zero attached hydrogens (tertiary/aromatic N) is 3. The van der Waals surface area contributed by atoms with Crippen LogP contribution in [0, 0.1) is 22.5 Å². The summed E-state index contributed by atoms with van der Waals surface area (Å²) in [6.07, 6.45) is -1.17. The minimum absolute atomic E-state index is 0.111. The van der Waals surface area contributed by atoms with Gasteiger partial charge in [-0.2, -0.15) is 0 Å². The number of rotatable bonds is 7. The molecule has 31 heavy (non-hydrogen) atoms. The number of nitro groups is 1. The molecule has 0 N–H and O–H groups in total. The SMILES string of the molecule is CCC(C)(C)[C@H](OC(=O)Oc1ccc([N+](=O)[O-])cc1)c1nnc(-c2ccc(C)cc2)o1. The summed E-state index contributed by atoms with van der Waals surface area (Å²) in [4.78, 5) is 22.6. The largest absolute Gasteiger partial charge is 0.514 e. The molecule has 1 aromatic heterocycles. The van der Waals surface area contributed by atoms with Crippen molar-refractivity contribution >= 4 is 11.8 Å².